The summed E-state index contributed by atoms with van der Waals surface area (Å²) in [7, 11) is 2.28. The molecule has 2 saturated heterocycles. The van der Waals surface area contributed by atoms with Crippen molar-refractivity contribution >= 4 is 0 Å². The highest BCUT2D eigenvalue weighted by molar-refractivity contribution is 5.32. The highest BCUT2D eigenvalue weighted by atomic mass is 15.2. The van der Waals surface area contributed by atoms with Crippen LogP contribution in [0.3, 0.4) is 0 Å². The van der Waals surface area contributed by atoms with Gasteiger partial charge in [0.1, 0.15) is 0 Å². The fourth-order valence-corrected chi connectivity index (χ4v) is 3.87. The van der Waals surface area contributed by atoms with Gasteiger partial charge < -0.3 is 4.90 Å². The molecule has 0 N–H and O–H groups in total. The van der Waals surface area contributed by atoms with Crippen LogP contribution in [0.4, 0.5) is 0 Å². The normalized spacial score (nSPS) is 27.8. The molecule has 3 rings (SSSR count). The van der Waals surface area contributed by atoms with Crippen molar-refractivity contribution in [3.63, 3.8) is 0 Å². The van der Waals surface area contributed by atoms with Crippen molar-refractivity contribution in [2.24, 2.45) is 5.92 Å². The Balaban J connectivity index is 1.63. The molecule has 2 heterocycles. The van der Waals surface area contributed by atoms with Gasteiger partial charge in [-0.05, 0) is 63.0 Å². The Hall–Kier alpha value is -1.37. The van der Waals surface area contributed by atoms with Crippen molar-refractivity contribution in [3.8, 4) is 6.07 Å². The van der Waals surface area contributed by atoms with E-state index in [2.05, 4.69) is 29.0 Å². The van der Waals surface area contributed by atoms with E-state index in [0.717, 1.165) is 24.1 Å². The zero-order valence-corrected chi connectivity index (χ0v) is 12.3. The first-order valence-corrected chi connectivity index (χ1v) is 7.68. The van der Waals surface area contributed by atoms with Gasteiger partial charge in [0.2, 0.25) is 0 Å². The van der Waals surface area contributed by atoms with Crippen LogP contribution >= 0.6 is 0 Å². The van der Waals surface area contributed by atoms with Gasteiger partial charge in [-0.1, -0.05) is 12.1 Å². The van der Waals surface area contributed by atoms with Gasteiger partial charge in [0, 0.05) is 19.1 Å². The maximum Gasteiger partial charge on any atom is 0.0991 e. The molecule has 0 amide bonds. The Morgan fingerprint density at radius 2 is 2.20 bits per heavy atom. The van der Waals surface area contributed by atoms with Crippen LogP contribution < -0.4 is 0 Å². The molecule has 0 bridgehead atoms. The number of hydrogen-bond acceptors (Lipinski definition) is 3. The lowest BCUT2D eigenvalue weighted by molar-refractivity contribution is 0.0355. The van der Waals surface area contributed by atoms with E-state index in [4.69, 9.17) is 5.26 Å². The average Bonchev–Trinajstić information content (AvgIpc) is 2.47. The van der Waals surface area contributed by atoms with E-state index in [0.29, 0.717) is 0 Å². The van der Waals surface area contributed by atoms with Gasteiger partial charge >= 0.3 is 0 Å². The Bertz CT molecular complexity index is 505. The lowest BCUT2D eigenvalue weighted by Crippen LogP contribution is -2.52. The number of fused-ring (bicyclic) bond motifs is 1. The van der Waals surface area contributed by atoms with Crippen molar-refractivity contribution in [3.05, 3.63) is 35.4 Å². The minimum absolute atomic E-state index is 0.773. The van der Waals surface area contributed by atoms with Crippen LogP contribution in [-0.2, 0) is 6.54 Å². The second-order valence-electron chi connectivity index (χ2n) is 6.29. The van der Waals surface area contributed by atoms with Crippen molar-refractivity contribution in [1.82, 2.24) is 9.80 Å². The molecule has 2 fully saturated rings. The van der Waals surface area contributed by atoms with Crippen LogP contribution in [0, 0.1) is 17.2 Å². The molecule has 0 aliphatic carbocycles. The first-order valence-electron chi connectivity index (χ1n) is 7.68. The van der Waals surface area contributed by atoms with Gasteiger partial charge in [-0.3, -0.25) is 4.90 Å². The summed E-state index contributed by atoms with van der Waals surface area (Å²) >= 11 is 0. The molecule has 3 nitrogen and oxygen atoms in total. The van der Waals surface area contributed by atoms with Crippen molar-refractivity contribution in [2.45, 2.75) is 31.8 Å². The molecule has 1 aromatic rings. The Morgan fingerprint density at radius 1 is 1.30 bits per heavy atom. The molecule has 2 aliphatic heterocycles. The molecule has 1 aromatic carbocycles. The summed E-state index contributed by atoms with van der Waals surface area (Å²) in [6, 6.07) is 11.1. The van der Waals surface area contributed by atoms with Crippen LogP contribution in [0.15, 0.2) is 24.3 Å². The number of likely N-dealkylation sites (tertiary alicyclic amines) is 2. The topological polar surface area (TPSA) is 30.3 Å². The average molecular weight is 269 g/mol. The molecular weight excluding hydrogens is 246 g/mol. The molecular formula is C17H23N3. The lowest BCUT2D eigenvalue weighted by atomic mass is 9.84. The standard InChI is InChI=1S/C17H23N3/c1-19-8-3-6-16-13-20(9-7-17(16)19)12-15-5-2-4-14(10-15)11-18/h2,4-5,10,16-17H,3,6-9,12-13H2,1H3. The summed E-state index contributed by atoms with van der Waals surface area (Å²) in [5.74, 6) is 0.835. The van der Waals surface area contributed by atoms with Crippen LogP contribution in [0.2, 0.25) is 0 Å². The molecule has 0 spiro atoms. The van der Waals surface area contributed by atoms with Crippen LogP contribution in [0.5, 0.6) is 0 Å². The van der Waals surface area contributed by atoms with Gasteiger partial charge in [-0.15, -0.1) is 0 Å². The molecule has 2 unspecified atom stereocenters. The zero-order valence-electron chi connectivity index (χ0n) is 12.3. The van der Waals surface area contributed by atoms with E-state index in [1.54, 1.807) is 0 Å². The molecule has 2 aliphatic rings. The van der Waals surface area contributed by atoms with Crippen LogP contribution in [0.25, 0.3) is 0 Å². The fraction of sp³-hybridized carbons (Fsp3) is 0.588. The summed E-state index contributed by atoms with van der Waals surface area (Å²) in [5.41, 5.74) is 2.04. The van der Waals surface area contributed by atoms with Gasteiger partial charge in [0.25, 0.3) is 0 Å². The Kier molecular flexibility index (Phi) is 4.05. The third-order valence-corrected chi connectivity index (χ3v) is 4.89. The summed E-state index contributed by atoms with van der Waals surface area (Å²) < 4.78 is 0. The number of piperidine rings is 2. The number of nitriles is 1. The summed E-state index contributed by atoms with van der Waals surface area (Å²) in [6.45, 7) is 4.65. The van der Waals surface area contributed by atoms with E-state index < -0.39 is 0 Å². The number of rotatable bonds is 2. The van der Waals surface area contributed by atoms with Crippen LogP contribution in [-0.4, -0.2) is 42.5 Å². The minimum Gasteiger partial charge on any atom is -0.303 e. The predicted molar refractivity (Wildman–Crippen MR) is 80.2 cm³/mol. The van der Waals surface area contributed by atoms with Gasteiger partial charge in [-0.25, -0.2) is 0 Å². The van der Waals surface area contributed by atoms with Crippen molar-refractivity contribution < 1.29 is 0 Å². The molecule has 20 heavy (non-hydrogen) atoms. The van der Waals surface area contributed by atoms with Gasteiger partial charge in [-0.2, -0.15) is 5.26 Å². The van der Waals surface area contributed by atoms with Gasteiger partial charge in [0.15, 0.2) is 0 Å². The first-order chi connectivity index (χ1) is 9.76. The van der Waals surface area contributed by atoms with E-state index in [9.17, 15) is 0 Å². The second-order valence-corrected chi connectivity index (χ2v) is 6.29. The quantitative estimate of drug-likeness (QED) is 0.826. The number of hydrogen-bond donors (Lipinski definition) is 0. The highest BCUT2D eigenvalue weighted by Gasteiger charge is 2.33. The SMILES string of the molecule is CN1CCCC2CN(Cc3cccc(C#N)c3)CCC21. The number of nitrogens with zero attached hydrogens (tertiary/aromatic N) is 3. The maximum absolute atomic E-state index is 8.98. The lowest BCUT2D eigenvalue weighted by Gasteiger charge is -2.46. The molecule has 2 atom stereocenters. The molecule has 106 valence electrons. The minimum atomic E-state index is 0.773. The first kappa shape index (κ1) is 13.6. The largest absolute Gasteiger partial charge is 0.303 e. The summed E-state index contributed by atoms with van der Waals surface area (Å²) in [5, 5.41) is 8.98. The van der Waals surface area contributed by atoms with E-state index >= 15 is 0 Å². The third kappa shape index (κ3) is 2.87. The number of benzene rings is 1. The molecule has 0 radical (unpaired) electrons. The monoisotopic (exact) mass is 269 g/mol. The van der Waals surface area contributed by atoms with E-state index in [-0.39, 0.29) is 0 Å². The highest BCUT2D eigenvalue weighted by Crippen LogP contribution is 2.30. The van der Waals surface area contributed by atoms with E-state index in [1.165, 1.54) is 44.5 Å². The zero-order chi connectivity index (χ0) is 13.9. The maximum atomic E-state index is 8.98. The predicted octanol–water partition coefficient (Wildman–Crippen LogP) is 2.47. The smallest absolute Gasteiger partial charge is 0.0991 e. The molecule has 0 aromatic heterocycles. The third-order valence-electron chi connectivity index (χ3n) is 4.89. The Morgan fingerprint density at radius 3 is 3.05 bits per heavy atom. The second kappa shape index (κ2) is 5.95. The van der Waals surface area contributed by atoms with Crippen molar-refractivity contribution in [2.75, 3.05) is 26.7 Å². The van der Waals surface area contributed by atoms with Crippen molar-refractivity contribution in [1.29, 1.82) is 5.26 Å². The summed E-state index contributed by atoms with van der Waals surface area (Å²) in [6.07, 6.45) is 4.01. The molecule has 3 heteroatoms. The Labute approximate surface area is 121 Å². The molecule has 0 saturated carbocycles. The van der Waals surface area contributed by atoms with Crippen LogP contribution in [0.1, 0.15) is 30.4 Å². The van der Waals surface area contributed by atoms with E-state index in [1.807, 2.05) is 18.2 Å². The fourth-order valence-electron chi connectivity index (χ4n) is 3.87. The summed E-state index contributed by atoms with van der Waals surface area (Å²) in [4.78, 5) is 5.12. The van der Waals surface area contributed by atoms with Gasteiger partial charge in [0.05, 0.1) is 11.6 Å².